The molecule has 0 bridgehead atoms. The fourth-order valence-corrected chi connectivity index (χ4v) is 2.16. The molecular weight excluding hydrogens is 278 g/mol. The van der Waals surface area contributed by atoms with Crippen LogP contribution in [0.4, 0.5) is 5.69 Å². The molecule has 0 radical (unpaired) electrons. The molecule has 0 aliphatic carbocycles. The Kier molecular flexibility index (Phi) is 4.94. The fourth-order valence-electron chi connectivity index (χ4n) is 2.16. The molecule has 0 aliphatic heterocycles. The Morgan fingerprint density at radius 3 is 2.32 bits per heavy atom. The Labute approximate surface area is 129 Å². The van der Waals surface area contributed by atoms with Gasteiger partial charge in [0.25, 0.3) is 0 Å². The molecule has 0 aromatic heterocycles. The summed E-state index contributed by atoms with van der Waals surface area (Å²) in [5, 5.41) is 11.8. The third-order valence-electron chi connectivity index (χ3n) is 3.51. The van der Waals surface area contributed by atoms with Crippen molar-refractivity contribution in [3.63, 3.8) is 0 Å². The van der Waals surface area contributed by atoms with Crippen LogP contribution < -0.4 is 5.32 Å². The van der Waals surface area contributed by atoms with Gasteiger partial charge in [0.15, 0.2) is 0 Å². The van der Waals surface area contributed by atoms with Crippen LogP contribution in [0.2, 0.25) is 0 Å². The normalized spacial score (nSPS) is 10.3. The number of aromatic carboxylic acids is 1. The molecule has 0 heterocycles. The SMILES string of the molecule is Cc1ccc(CCC(=O)Nc2ccc(C(=O)O)cc2C)cc1. The van der Waals surface area contributed by atoms with Gasteiger partial charge in [0, 0.05) is 12.1 Å². The molecule has 2 aromatic carbocycles. The van der Waals surface area contributed by atoms with Gasteiger partial charge in [-0.15, -0.1) is 0 Å². The monoisotopic (exact) mass is 297 g/mol. The zero-order valence-electron chi connectivity index (χ0n) is 12.7. The molecule has 4 nitrogen and oxygen atoms in total. The standard InChI is InChI=1S/C18H19NO3/c1-12-3-5-14(6-4-12)7-10-17(20)19-16-9-8-15(18(21)22)11-13(16)2/h3-6,8-9,11H,7,10H2,1-2H3,(H,19,20)(H,21,22). The lowest BCUT2D eigenvalue weighted by Gasteiger charge is -2.09. The van der Waals surface area contributed by atoms with Crippen LogP contribution in [0.3, 0.4) is 0 Å². The van der Waals surface area contributed by atoms with Crippen LogP contribution in [0.15, 0.2) is 42.5 Å². The van der Waals surface area contributed by atoms with Crippen molar-refractivity contribution in [1.82, 2.24) is 0 Å². The van der Waals surface area contributed by atoms with Crippen molar-refractivity contribution >= 4 is 17.6 Å². The smallest absolute Gasteiger partial charge is 0.335 e. The van der Waals surface area contributed by atoms with E-state index in [1.54, 1.807) is 19.1 Å². The van der Waals surface area contributed by atoms with E-state index >= 15 is 0 Å². The van der Waals surface area contributed by atoms with Crippen molar-refractivity contribution in [3.05, 3.63) is 64.7 Å². The first-order valence-corrected chi connectivity index (χ1v) is 7.15. The van der Waals surface area contributed by atoms with Gasteiger partial charge in [-0.2, -0.15) is 0 Å². The molecule has 4 heteroatoms. The molecule has 0 spiro atoms. The number of benzene rings is 2. The van der Waals surface area contributed by atoms with Gasteiger partial charge < -0.3 is 10.4 Å². The van der Waals surface area contributed by atoms with Crippen LogP contribution in [0.1, 0.15) is 33.5 Å². The first-order valence-electron chi connectivity index (χ1n) is 7.15. The highest BCUT2D eigenvalue weighted by atomic mass is 16.4. The van der Waals surface area contributed by atoms with E-state index in [0.29, 0.717) is 18.5 Å². The number of aryl methyl sites for hydroxylation is 3. The van der Waals surface area contributed by atoms with Crippen LogP contribution in [0.5, 0.6) is 0 Å². The van der Waals surface area contributed by atoms with Crippen LogP contribution >= 0.6 is 0 Å². The number of anilines is 1. The summed E-state index contributed by atoms with van der Waals surface area (Å²) >= 11 is 0. The molecule has 114 valence electrons. The summed E-state index contributed by atoms with van der Waals surface area (Å²) in [4.78, 5) is 22.9. The van der Waals surface area contributed by atoms with Gasteiger partial charge >= 0.3 is 5.97 Å². The van der Waals surface area contributed by atoms with E-state index in [2.05, 4.69) is 5.32 Å². The minimum atomic E-state index is -0.972. The molecule has 0 fully saturated rings. The number of carboxylic acids is 1. The van der Waals surface area contributed by atoms with Crippen LogP contribution in [0, 0.1) is 13.8 Å². The molecule has 2 N–H and O–H groups in total. The summed E-state index contributed by atoms with van der Waals surface area (Å²) in [7, 11) is 0. The van der Waals surface area contributed by atoms with Gasteiger partial charge in [-0.25, -0.2) is 4.79 Å². The average Bonchev–Trinajstić information content (AvgIpc) is 2.48. The summed E-state index contributed by atoms with van der Waals surface area (Å²) in [6, 6.07) is 12.8. The molecule has 1 amide bonds. The minimum absolute atomic E-state index is 0.0771. The first-order chi connectivity index (χ1) is 10.5. The second-order valence-corrected chi connectivity index (χ2v) is 5.37. The Bertz CT molecular complexity index is 690. The second-order valence-electron chi connectivity index (χ2n) is 5.37. The third-order valence-corrected chi connectivity index (χ3v) is 3.51. The van der Waals surface area contributed by atoms with Gasteiger partial charge in [-0.1, -0.05) is 29.8 Å². The van der Waals surface area contributed by atoms with E-state index in [0.717, 1.165) is 11.1 Å². The molecule has 0 saturated heterocycles. The van der Waals surface area contributed by atoms with Gasteiger partial charge in [-0.05, 0) is 49.6 Å². The molecule has 2 rings (SSSR count). The fraction of sp³-hybridized carbons (Fsp3) is 0.222. The van der Waals surface area contributed by atoms with Crippen molar-refractivity contribution in [3.8, 4) is 0 Å². The lowest BCUT2D eigenvalue weighted by Crippen LogP contribution is -2.13. The van der Waals surface area contributed by atoms with Crippen molar-refractivity contribution < 1.29 is 14.7 Å². The van der Waals surface area contributed by atoms with Crippen LogP contribution in [-0.2, 0) is 11.2 Å². The number of carbonyl (C=O) groups is 2. The summed E-state index contributed by atoms with van der Waals surface area (Å²) in [5.41, 5.74) is 3.93. The summed E-state index contributed by atoms with van der Waals surface area (Å²) in [6.45, 7) is 3.81. The van der Waals surface area contributed by atoms with E-state index in [-0.39, 0.29) is 11.5 Å². The first kappa shape index (κ1) is 15.8. The third kappa shape index (κ3) is 4.19. The number of nitrogens with one attached hydrogen (secondary N) is 1. The summed E-state index contributed by atoms with van der Waals surface area (Å²) < 4.78 is 0. The zero-order valence-corrected chi connectivity index (χ0v) is 12.7. The number of carboxylic acid groups (broad SMARTS) is 1. The largest absolute Gasteiger partial charge is 0.478 e. The van der Waals surface area contributed by atoms with E-state index in [1.807, 2.05) is 31.2 Å². The van der Waals surface area contributed by atoms with E-state index in [1.165, 1.54) is 11.6 Å². The molecule has 0 aliphatic rings. The number of carbonyl (C=O) groups excluding carboxylic acids is 1. The summed E-state index contributed by atoms with van der Waals surface area (Å²) in [6.07, 6.45) is 1.07. The molecule has 2 aromatic rings. The maximum absolute atomic E-state index is 12.0. The quantitative estimate of drug-likeness (QED) is 0.886. The summed E-state index contributed by atoms with van der Waals surface area (Å²) in [5.74, 6) is -1.05. The Morgan fingerprint density at radius 1 is 1.05 bits per heavy atom. The zero-order chi connectivity index (χ0) is 16.1. The Hall–Kier alpha value is -2.62. The molecule has 0 unspecified atom stereocenters. The number of rotatable bonds is 5. The number of hydrogen-bond acceptors (Lipinski definition) is 2. The number of amides is 1. The van der Waals surface area contributed by atoms with Gasteiger partial charge in [0.1, 0.15) is 0 Å². The predicted molar refractivity (Wildman–Crippen MR) is 86.3 cm³/mol. The second kappa shape index (κ2) is 6.89. The molecular formula is C18H19NO3. The van der Waals surface area contributed by atoms with Crippen LogP contribution in [0.25, 0.3) is 0 Å². The van der Waals surface area contributed by atoms with Crippen molar-refractivity contribution in [1.29, 1.82) is 0 Å². The molecule has 0 atom stereocenters. The molecule has 0 saturated carbocycles. The van der Waals surface area contributed by atoms with Gasteiger partial charge in [0.05, 0.1) is 5.56 Å². The van der Waals surface area contributed by atoms with E-state index in [9.17, 15) is 9.59 Å². The topological polar surface area (TPSA) is 66.4 Å². The van der Waals surface area contributed by atoms with E-state index in [4.69, 9.17) is 5.11 Å². The molecule has 22 heavy (non-hydrogen) atoms. The Morgan fingerprint density at radius 2 is 1.73 bits per heavy atom. The lowest BCUT2D eigenvalue weighted by molar-refractivity contribution is -0.116. The van der Waals surface area contributed by atoms with Gasteiger partial charge in [0.2, 0.25) is 5.91 Å². The number of hydrogen-bond donors (Lipinski definition) is 2. The minimum Gasteiger partial charge on any atom is -0.478 e. The van der Waals surface area contributed by atoms with Crippen LogP contribution in [-0.4, -0.2) is 17.0 Å². The van der Waals surface area contributed by atoms with Crippen molar-refractivity contribution in [2.75, 3.05) is 5.32 Å². The van der Waals surface area contributed by atoms with Crippen molar-refractivity contribution in [2.24, 2.45) is 0 Å². The Balaban J connectivity index is 1.94. The highest BCUT2D eigenvalue weighted by Gasteiger charge is 2.08. The maximum Gasteiger partial charge on any atom is 0.335 e. The van der Waals surface area contributed by atoms with Gasteiger partial charge in [-0.3, -0.25) is 4.79 Å². The average molecular weight is 297 g/mol. The lowest BCUT2D eigenvalue weighted by atomic mass is 10.1. The van der Waals surface area contributed by atoms with E-state index < -0.39 is 5.97 Å². The highest BCUT2D eigenvalue weighted by Crippen LogP contribution is 2.17. The predicted octanol–water partition coefficient (Wildman–Crippen LogP) is 3.57. The van der Waals surface area contributed by atoms with Crippen molar-refractivity contribution in [2.45, 2.75) is 26.7 Å². The maximum atomic E-state index is 12.0. The highest BCUT2D eigenvalue weighted by molar-refractivity contribution is 5.93.